The minimum Gasteiger partial charge on any atom is -0.493 e. The summed E-state index contributed by atoms with van der Waals surface area (Å²) in [7, 11) is 0.158. The molecule has 1 aromatic carbocycles. The van der Waals surface area contributed by atoms with Crippen molar-refractivity contribution >= 4 is 21.8 Å². The zero-order chi connectivity index (χ0) is 23.8. The van der Waals surface area contributed by atoms with Crippen LogP contribution < -0.4 is 15.5 Å². The van der Waals surface area contributed by atoms with Crippen LogP contribution in [0, 0.1) is 0 Å². The fraction of sp³-hybridized carbons (Fsp3) is 0.636. The van der Waals surface area contributed by atoms with Crippen LogP contribution >= 0.6 is 0 Å². The lowest BCUT2D eigenvalue weighted by atomic mass is 9.97. The van der Waals surface area contributed by atoms with E-state index in [9.17, 15) is 13.2 Å². The van der Waals surface area contributed by atoms with Crippen molar-refractivity contribution < 1.29 is 17.9 Å². The first-order valence-electron chi connectivity index (χ1n) is 11.6. The predicted molar refractivity (Wildman–Crippen MR) is 126 cm³/mol. The molecule has 0 spiro atoms. The van der Waals surface area contributed by atoms with Gasteiger partial charge in [-0.2, -0.15) is 4.31 Å². The first kappa shape index (κ1) is 24.1. The zero-order valence-electron chi connectivity index (χ0n) is 19.7. The molecule has 2 fully saturated rings. The third kappa shape index (κ3) is 4.65. The second-order valence-electron chi connectivity index (χ2n) is 8.84. The number of piperazine rings is 1. The van der Waals surface area contributed by atoms with Gasteiger partial charge in [-0.15, -0.1) is 0 Å². The lowest BCUT2D eigenvalue weighted by molar-refractivity contribution is -0.124. The number of likely N-dealkylation sites (N-methyl/N-ethyl adjacent to an activating group) is 2. The Morgan fingerprint density at radius 2 is 1.88 bits per heavy atom. The van der Waals surface area contributed by atoms with E-state index in [-0.39, 0.29) is 22.9 Å². The molecular formula is C22H34N6O4S. The summed E-state index contributed by atoms with van der Waals surface area (Å²) in [6.07, 6.45) is 1.84. The lowest BCUT2D eigenvalue weighted by Gasteiger charge is -2.32. The Morgan fingerprint density at radius 3 is 2.55 bits per heavy atom. The lowest BCUT2D eigenvalue weighted by Crippen LogP contribution is -2.53. The Balaban J connectivity index is 1.72. The molecule has 3 aliphatic rings. The van der Waals surface area contributed by atoms with E-state index < -0.39 is 16.1 Å². The second-order valence-corrected chi connectivity index (χ2v) is 10.8. The number of hydrazine groups is 1. The highest BCUT2D eigenvalue weighted by atomic mass is 32.2. The molecule has 3 unspecified atom stereocenters. The van der Waals surface area contributed by atoms with E-state index in [0.29, 0.717) is 49.9 Å². The highest BCUT2D eigenvalue weighted by Gasteiger charge is 2.46. The summed E-state index contributed by atoms with van der Waals surface area (Å²) < 4.78 is 34.0. The minimum atomic E-state index is -3.67. The monoisotopic (exact) mass is 478 g/mol. The Hall–Kier alpha value is -2.05. The van der Waals surface area contributed by atoms with Crippen LogP contribution in [0.2, 0.25) is 0 Å². The van der Waals surface area contributed by atoms with Gasteiger partial charge in [0.05, 0.1) is 23.1 Å². The minimum absolute atomic E-state index is 0.0406. The van der Waals surface area contributed by atoms with Gasteiger partial charge < -0.3 is 15.0 Å². The second kappa shape index (κ2) is 9.67. The first-order valence-corrected chi connectivity index (χ1v) is 13.0. The van der Waals surface area contributed by atoms with Gasteiger partial charge >= 0.3 is 0 Å². The maximum Gasteiger partial charge on any atom is 0.246 e. The molecule has 2 saturated heterocycles. The molecule has 4 rings (SSSR count). The number of aliphatic imine (C=N–C) groups is 1. The van der Waals surface area contributed by atoms with Gasteiger partial charge in [0.1, 0.15) is 17.6 Å². The summed E-state index contributed by atoms with van der Waals surface area (Å²) in [5, 5.41) is 4.71. The van der Waals surface area contributed by atoms with Gasteiger partial charge in [0.25, 0.3) is 0 Å². The molecule has 182 valence electrons. The van der Waals surface area contributed by atoms with Crippen molar-refractivity contribution in [3.05, 3.63) is 23.8 Å². The number of fused-ring (bicyclic) bond motifs is 1. The number of rotatable bonds is 7. The molecule has 0 aromatic heterocycles. The van der Waals surface area contributed by atoms with Gasteiger partial charge in [0, 0.05) is 39.3 Å². The van der Waals surface area contributed by atoms with Gasteiger partial charge in [-0.3, -0.25) is 9.79 Å². The van der Waals surface area contributed by atoms with E-state index >= 15 is 0 Å². The van der Waals surface area contributed by atoms with Gasteiger partial charge in [-0.1, -0.05) is 13.3 Å². The molecule has 1 amide bonds. The summed E-state index contributed by atoms with van der Waals surface area (Å²) in [5.74, 6) is 0.699. The van der Waals surface area contributed by atoms with Crippen LogP contribution in [0.4, 0.5) is 0 Å². The average molecular weight is 479 g/mol. The molecule has 0 saturated carbocycles. The van der Waals surface area contributed by atoms with E-state index in [4.69, 9.17) is 9.73 Å². The number of carbonyl (C=O) groups is 1. The van der Waals surface area contributed by atoms with Crippen molar-refractivity contribution in [2.75, 3.05) is 46.9 Å². The summed E-state index contributed by atoms with van der Waals surface area (Å²) >= 11 is 0. The van der Waals surface area contributed by atoms with Crippen molar-refractivity contribution in [3.8, 4) is 5.75 Å². The van der Waals surface area contributed by atoms with Crippen LogP contribution in [0.15, 0.2) is 28.1 Å². The Kier molecular flexibility index (Phi) is 7.06. The van der Waals surface area contributed by atoms with Crippen LogP contribution in [-0.4, -0.2) is 99.4 Å². The molecule has 3 aliphatic heterocycles. The van der Waals surface area contributed by atoms with Crippen molar-refractivity contribution in [2.24, 2.45) is 4.99 Å². The van der Waals surface area contributed by atoms with Gasteiger partial charge in [-0.25, -0.2) is 18.9 Å². The Labute approximate surface area is 196 Å². The van der Waals surface area contributed by atoms with E-state index in [0.717, 1.165) is 12.8 Å². The van der Waals surface area contributed by atoms with Crippen LogP contribution in [0.25, 0.3) is 0 Å². The average Bonchev–Trinajstić information content (AvgIpc) is 3.10. The Morgan fingerprint density at radius 1 is 1.15 bits per heavy atom. The van der Waals surface area contributed by atoms with Crippen molar-refractivity contribution in [2.45, 2.75) is 49.7 Å². The summed E-state index contributed by atoms with van der Waals surface area (Å²) in [6, 6.07) is 4.19. The summed E-state index contributed by atoms with van der Waals surface area (Å²) in [4.78, 5) is 20.2. The Bertz CT molecular complexity index is 1020. The number of nitrogens with zero attached hydrogens (tertiary/aromatic N) is 4. The van der Waals surface area contributed by atoms with Crippen LogP contribution in [-0.2, 0) is 14.8 Å². The van der Waals surface area contributed by atoms with Crippen LogP contribution in [0.5, 0.6) is 5.75 Å². The quantitative estimate of drug-likeness (QED) is 0.579. The molecule has 33 heavy (non-hydrogen) atoms. The molecule has 0 aliphatic carbocycles. The predicted octanol–water partition coefficient (Wildman–Crippen LogP) is 0.254. The normalized spacial score (nSPS) is 27.2. The van der Waals surface area contributed by atoms with Crippen molar-refractivity contribution in [1.29, 1.82) is 0 Å². The van der Waals surface area contributed by atoms with Crippen LogP contribution in [0.3, 0.4) is 0 Å². The fourth-order valence-electron chi connectivity index (χ4n) is 4.73. The van der Waals surface area contributed by atoms with Crippen molar-refractivity contribution in [3.63, 3.8) is 0 Å². The zero-order valence-corrected chi connectivity index (χ0v) is 20.6. The highest BCUT2D eigenvalue weighted by molar-refractivity contribution is 7.89. The number of carbonyl (C=O) groups excluding carboxylic acids is 1. The first-order chi connectivity index (χ1) is 15.8. The van der Waals surface area contributed by atoms with Crippen molar-refractivity contribution in [1.82, 2.24) is 25.0 Å². The fourth-order valence-corrected chi connectivity index (χ4v) is 6.18. The number of hydrogen-bond donors (Lipinski definition) is 2. The maximum absolute atomic E-state index is 13.3. The molecule has 11 heteroatoms. The number of nitrogens with one attached hydrogen (secondary N) is 2. The molecular weight excluding hydrogens is 444 g/mol. The van der Waals surface area contributed by atoms with Gasteiger partial charge in [-0.05, 0) is 38.6 Å². The largest absolute Gasteiger partial charge is 0.493 e. The van der Waals surface area contributed by atoms with E-state index in [1.54, 1.807) is 18.2 Å². The molecule has 2 N–H and O–H groups in total. The summed E-state index contributed by atoms with van der Waals surface area (Å²) in [5.41, 5.74) is 3.84. The third-order valence-corrected chi connectivity index (χ3v) is 8.41. The summed E-state index contributed by atoms with van der Waals surface area (Å²) in [6.45, 7) is 6.64. The topological polar surface area (TPSA) is 107 Å². The number of amidine groups is 1. The molecule has 0 bridgehead atoms. The molecule has 1 aromatic rings. The van der Waals surface area contributed by atoms with E-state index in [1.807, 2.05) is 26.0 Å². The molecule has 3 atom stereocenters. The molecule has 10 nitrogen and oxygen atoms in total. The SMILES string of the molecule is CCCC1NN(C)C2C(=O)NC(c3cc(S(=O)(=O)N4CCN(C)CC4)ccc3OCC)=NC12. The number of ether oxygens (including phenoxy) is 1. The number of amides is 1. The van der Waals surface area contributed by atoms with E-state index in [1.165, 1.54) is 4.31 Å². The molecule has 0 radical (unpaired) electrons. The number of hydrogen-bond acceptors (Lipinski definition) is 8. The highest BCUT2D eigenvalue weighted by Crippen LogP contribution is 2.29. The van der Waals surface area contributed by atoms with Crippen LogP contribution in [0.1, 0.15) is 32.3 Å². The van der Waals surface area contributed by atoms with Gasteiger partial charge in [0.15, 0.2) is 0 Å². The van der Waals surface area contributed by atoms with Gasteiger partial charge in [0.2, 0.25) is 15.9 Å². The number of benzene rings is 1. The smallest absolute Gasteiger partial charge is 0.246 e. The van der Waals surface area contributed by atoms with E-state index in [2.05, 4.69) is 22.6 Å². The third-order valence-electron chi connectivity index (χ3n) is 6.52. The molecule has 3 heterocycles. The standard InChI is InChI=1S/C22H34N6O4S/c1-5-7-17-19-20(27(4)25-17)22(29)24-21(23-19)16-14-15(8-9-18(16)32-6-2)33(30,31)28-12-10-26(3)11-13-28/h8-9,14,17,19-20,25H,5-7,10-13H2,1-4H3,(H,23,24,29). The number of sulfonamides is 1. The maximum atomic E-state index is 13.3.